The molecule has 0 aliphatic heterocycles. The van der Waals surface area contributed by atoms with Crippen molar-refractivity contribution in [3.63, 3.8) is 0 Å². The lowest BCUT2D eigenvalue weighted by atomic mass is 10.2. The number of halogens is 2. The van der Waals surface area contributed by atoms with Gasteiger partial charge in [-0.3, -0.25) is 4.72 Å². The zero-order valence-electron chi connectivity index (χ0n) is 12.2. The van der Waals surface area contributed by atoms with E-state index in [-0.39, 0.29) is 12.2 Å². The second kappa shape index (κ2) is 7.06. The van der Waals surface area contributed by atoms with Gasteiger partial charge in [-0.2, -0.15) is 0 Å². The fourth-order valence-electron chi connectivity index (χ4n) is 1.95. The van der Waals surface area contributed by atoms with Crippen LogP contribution in [-0.2, 0) is 26.5 Å². The quantitative estimate of drug-likeness (QED) is 0.785. The highest BCUT2D eigenvalue weighted by molar-refractivity contribution is 7.93. The Morgan fingerprint density at radius 1 is 1.04 bits per heavy atom. The largest absolute Gasteiger partial charge is 0.282 e. The maximum absolute atomic E-state index is 13.3. The summed E-state index contributed by atoms with van der Waals surface area (Å²) >= 11 is 5.75. The summed E-state index contributed by atoms with van der Waals surface area (Å²) in [7, 11) is -8.11. The van der Waals surface area contributed by atoms with Crippen LogP contribution in [0.15, 0.2) is 47.4 Å². The fraction of sp³-hybridized carbons (Fsp3) is 0.143. The zero-order valence-corrected chi connectivity index (χ0v) is 14.6. The van der Waals surface area contributed by atoms with E-state index in [9.17, 15) is 21.2 Å². The Bertz CT molecular complexity index is 945. The highest BCUT2D eigenvalue weighted by Crippen LogP contribution is 2.22. The molecule has 0 saturated heterocycles. The molecule has 0 amide bonds. The Kier molecular flexibility index (Phi) is 5.49. The van der Waals surface area contributed by atoms with Crippen LogP contribution in [0.25, 0.3) is 0 Å². The molecule has 0 spiro atoms. The Balaban J connectivity index is 2.20. The van der Waals surface area contributed by atoms with E-state index in [0.717, 1.165) is 23.8 Å². The third kappa shape index (κ3) is 5.17. The first-order chi connectivity index (χ1) is 11.1. The molecule has 3 N–H and O–H groups in total. The normalized spacial score (nSPS) is 12.1. The van der Waals surface area contributed by atoms with E-state index in [1.807, 2.05) is 0 Å². The summed E-state index contributed by atoms with van der Waals surface area (Å²) in [6.07, 6.45) is 0.173. The molecule has 6 nitrogen and oxygen atoms in total. The number of hydrogen-bond acceptors (Lipinski definition) is 4. The third-order valence-corrected chi connectivity index (χ3v) is 5.58. The van der Waals surface area contributed by atoms with Crippen LogP contribution in [0.3, 0.4) is 0 Å². The number of rotatable bonds is 6. The SMILES string of the molecule is NS(=O)(=O)c1ccc(F)cc1NS(=O)(=O)CCc1ccc(Cl)cc1. The number of primary sulfonamides is 1. The molecular formula is C14H14ClFN2O4S2. The Morgan fingerprint density at radius 2 is 1.67 bits per heavy atom. The average molecular weight is 393 g/mol. The summed E-state index contributed by atoms with van der Waals surface area (Å²) in [4.78, 5) is -0.501. The van der Waals surface area contributed by atoms with Gasteiger partial charge in [0.25, 0.3) is 0 Å². The molecule has 0 saturated carbocycles. The first kappa shape index (κ1) is 18.7. The zero-order chi connectivity index (χ0) is 18.0. The van der Waals surface area contributed by atoms with Gasteiger partial charge in [0.1, 0.15) is 10.7 Å². The molecule has 130 valence electrons. The van der Waals surface area contributed by atoms with Crippen molar-refractivity contribution in [3.8, 4) is 0 Å². The van der Waals surface area contributed by atoms with Gasteiger partial charge in [0.15, 0.2) is 0 Å². The van der Waals surface area contributed by atoms with Crippen molar-refractivity contribution >= 4 is 37.3 Å². The van der Waals surface area contributed by atoms with E-state index in [4.69, 9.17) is 16.7 Å². The van der Waals surface area contributed by atoms with Gasteiger partial charge >= 0.3 is 0 Å². The van der Waals surface area contributed by atoms with Gasteiger partial charge in [-0.05, 0) is 42.3 Å². The molecule has 24 heavy (non-hydrogen) atoms. The number of hydrogen-bond donors (Lipinski definition) is 2. The Hall–Kier alpha value is -1.68. The van der Waals surface area contributed by atoms with Crippen LogP contribution in [0.2, 0.25) is 5.02 Å². The van der Waals surface area contributed by atoms with Crippen molar-refractivity contribution in [2.75, 3.05) is 10.5 Å². The number of benzene rings is 2. The summed E-state index contributed by atoms with van der Waals surface area (Å²) in [6.45, 7) is 0. The predicted molar refractivity (Wildman–Crippen MR) is 90.3 cm³/mol. The first-order valence-corrected chi connectivity index (χ1v) is 10.2. The van der Waals surface area contributed by atoms with Crippen LogP contribution < -0.4 is 9.86 Å². The van der Waals surface area contributed by atoms with E-state index in [2.05, 4.69) is 4.72 Å². The standard InChI is InChI=1S/C14H14ClFN2O4S2/c15-11-3-1-10(2-4-11)7-8-23(19,20)18-13-9-12(16)5-6-14(13)24(17,21)22/h1-6,9,18H,7-8H2,(H2,17,21,22). The summed E-state index contributed by atoms with van der Waals surface area (Å²) in [5, 5.41) is 5.53. The van der Waals surface area contributed by atoms with Gasteiger partial charge in [-0.15, -0.1) is 0 Å². The van der Waals surface area contributed by atoms with Gasteiger partial charge in [-0.1, -0.05) is 23.7 Å². The fourth-order valence-corrected chi connectivity index (χ4v) is 3.93. The lowest BCUT2D eigenvalue weighted by Gasteiger charge is -2.11. The third-order valence-electron chi connectivity index (χ3n) is 3.09. The second-order valence-electron chi connectivity index (χ2n) is 4.98. The minimum atomic E-state index is -4.20. The monoisotopic (exact) mass is 392 g/mol. The van der Waals surface area contributed by atoms with Crippen molar-refractivity contribution < 1.29 is 21.2 Å². The molecular weight excluding hydrogens is 379 g/mol. The van der Waals surface area contributed by atoms with Crippen molar-refractivity contribution in [3.05, 3.63) is 58.9 Å². The Morgan fingerprint density at radius 3 is 2.25 bits per heavy atom. The van der Waals surface area contributed by atoms with Gasteiger partial charge in [0, 0.05) is 5.02 Å². The molecule has 0 aliphatic rings. The first-order valence-electron chi connectivity index (χ1n) is 6.64. The lowest BCUT2D eigenvalue weighted by Crippen LogP contribution is -2.21. The van der Waals surface area contributed by atoms with Gasteiger partial charge in [-0.25, -0.2) is 26.4 Å². The van der Waals surface area contributed by atoms with Crippen LogP contribution in [0.1, 0.15) is 5.56 Å². The molecule has 0 unspecified atom stereocenters. The molecule has 0 bridgehead atoms. The molecule has 2 aromatic rings. The van der Waals surface area contributed by atoms with Gasteiger partial charge in [0.05, 0.1) is 11.4 Å². The summed E-state index contributed by atoms with van der Waals surface area (Å²) in [5.41, 5.74) is 0.310. The molecule has 2 rings (SSSR count). The molecule has 2 aromatic carbocycles. The van der Waals surface area contributed by atoms with Crippen LogP contribution in [0, 0.1) is 5.82 Å². The van der Waals surface area contributed by atoms with Crippen molar-refractivity contribution in [1.82, 2.24) is 0 Å². The van der Waals surface area contributed by atoms with E-state index in [0.29, 0.717) is 5.02 Å². The molecule has 0 radical (unpaired) electrons. The average Bonchev–Trinajstić information content (AvgIpc) is 2.45. The molecule has 0 atom stereocenters. The second-order valence-corrected chi connectivity index (χ2v) is 8.79. The lowest BCUT2D eigenvalue weighted by molar-refractivity contribution is 0.596. The minimum Gasteiger partial charge on any atom is -0.282 e. The van der Waals surface area contributed by atoms with Gasteiger partial charge < -0.3 is 0 Å². The van der Waals surface area contributed by atoms with Crippen LogP contribution >= 0.6 is 11.6 Å². The summed E-state index contributed by atoms with van der Waals surface area (Å²) in [5.74, 6) is -1.12. The number of nitrogens with one attached hydrogen (secondary N) is 1. The van der Waals surface area contributed by atoms with Gasteiger partial charge in [0.2, 0.25) is 20.0 Å². The molecule has 0 aromatic heterocycles. The maximum Gasteiger partial charge on any atom is 0.240 e. The highest BCUT2D eigenvalue weighted by Gasteiger charge is 2.19. The molecule has 0 heterocycles. The van der Waals surface area contributed by atoms with Crippen molar-refractivity contribution in [2.24, 2.45) is 5.14 Å². The van der Waals surface area contributed by atoms with E-state index in [1.165, 1.54) is 0 Å². The van der Waals surface area contributed by atoms with E-state index in [1.54, 1.807) is 24.3 Å². The molecule has 0 fully saturated rings. The predicted octanol–water partition coefficient (Wildman–Crippen LogP) is 2.11. The highest BCUT2D eigenvalue weighted by atomic mass is 35.5. The molecule has 10 heteroatoms. The minimum absolute atomic E-state index is 0.173. The van der Waals surface area contributed by atoms with Crippen LogP contribution in [-0.4, -0.2) is 22.6 Å². The Labute approximate surface area is 144 Å². The number of anilines is 1. The van der Waals surface area contributed by atoms with Crippen LogP contribution in [0.5, 0.6) is 0 Å². The smallest absolute Gasteiger partial charge is 0.240 e. The number of aryl methyl sites for hydroxylation is 1. The summed E-state index contributed by atoms with van der Waals surface area (Å²) < 4.78 is 62.6. The summed E-state index contributed by atoms with van der Waals surface area (Å²) in [6, 6.07) is 9.16. The van der Waals surface area contributed by atoms with E-state index >= 15 is 0 Å². The van der Waals surface area contributed by atoms with Crippen molar-refractivity contribution in [1.29, 1.82) is 0 Å². The van der Waals surface area contributed by atoms with Crippen LogP contribution in [0.4, 0.5) is 10.1 Å². The number of nitrogens with two attached hydrogens (primary N) is 1. The van der Waals surface area contributed by atoms with E-state index < -0.39 is 36.4 Å². The topological polar surface area (TPSA) is 106 Å². The maximum atomic E-state index is 13.3. The molecule has 0 aliphatic carbocycles. The number of sulfonamides is 2. The van der Waals surface area contributed by atoms with Crippen molar-refractivity contribution in [2.45, 2.75) is 11.3 Å².